The molecule has 0 atom stereocenters. The molecule has 2 aromatic carbocycles. The number of rotatable bonds is 5. The van der Waals surface area contributed by atoms with Crippen molar-refractivity contribution in [3.63, 3.8) is 0 Å². The van der Waals surface area contributed by atoms with Crippen molar-refractivity contribution in [2.24, 2.45) is 0 Å². The molecule has 3 aromatic rings. The molecule has 9 heteroatoms. The molecule has 6 nitrogen and oxygen atoms in total. The van der Waals surface area contributed by atoms with Crippen molar-refractivity contribution in [3.05, 3.63) is 82.4 Å². The second-order valence-electron chi connectivity index (χ2n) is 6.74. The van der Waals surface area contributed by atoms with Crippen LogP contribution in [0.1, 0.15) is 21.6 Å². The molecular weight excluding hydrogens is 429 g/mol. The Morgan fingerprint density at radius 3 is 2.50 bits per heavy atom. The summed E-state index contributed by atoms with van der Waals surface area (Å²) >= 11 is 5.98. The summed E-state index contributed by atoms with van der Waals surface area (Å²) in [5, 5.41) is 0.438. The fraction of sp³-hybridized carbons (Fsp3) is 0.143. The summed E-state index contributed by atoms with van der Waals surface area (Å²) in [6, 6.07) is 11.6. The number of nitrogens with one attached hydrogen (secondary N) is 1. The fourth-order valence-electron chi connectivity index (χ4n) is 2.80. The Bertz CT molecular complexity index is 1230. The van der Waals surface area contributed by atoms with Gasteiger partial charge in [-0.1, -0.05) is 23.7 Å². The molecule has 0 unspecified atom stereocenters. The zero-order valence-electron chi connectivity index (χ0n) is 16.5. The van der Waals surface area contributed by atoms with Gasteiger partial charge in [-0.05, 0) is 61.4 Å². The summed E-state index contributed by atoms with van der Waals surface area (Å²) in [6.07, 6.45) is 1.44. The first-order valence-electron chi connectivity index (χ1n) is 8.88. The maximum Gasteiger partial charge on any atom is 0.278 e. The van der Waals surface area contributed by atoms with Crippen LogP contribution in [0.15, 0.2) is 59.6 Å². The molecule has 1 amide bonds. The van der Waals surface area contributed by atoms with Crippen molar-refractivity contribution in [3.8, 4) is 0 Å². The molecular formula is C21H19ClFN3O3S. The average molecular weight is 448 g/mol. The van der Waals surface area contributed by atoms with Gasteiger partial charge in [-0.3, -0.25) is 9.52 Å². The van der Waals surface area contributed by atoms with Gasteiger partial charge in [0.05, 0.1) is 16.3 Å². The molecule has 0 aliphatic carbocycles. The number of para-hydroxylation sites is 1. The minimum atomic E-state index is -4.02. The van der Waals surface area contributed by atoms with Gasteiger partial charge in [0.25, 0.3) is 15.9 Å². The number of benzene rings is 2. The van der Waals surface area contributed by atoms with Crippen molar-refractivity contribution in [2.45, 2.75) is 18.7 Å². The molecule has 1 N–H and O–H groups in total. The number of hydrogen-bond donors (Lipinski definition) is 1. The number of aryl methyl sites for hydroxylation is 2. The molecule has 1 heterocycles. The van der Waals surface area contributed by atoms with Crippen LogP contribution in [0.3, 0.4) is 0 Å². The van der Waals surface area contributed by atoms with Crippen LogP contribution in [-0.4, -0.2) is 26.4 Å². The van der Waals surface area contributed by atoms with Crippen LogP contribution in [0, 0.1) is 19.7 Å². The second-order valence-corrected chi connectivity index (χ2v) is 8.83. The lowest BCUT2D eigenvalue weighted by Crippen LogP contribution is -2.29. The highest BCUT2D eigenvalue weighted by Crippen LogP contribution is 2.26. The maximum absolute atomic E-state index is 14.1. The van der Waals surface area contributed by atoms with E-state index in [0.29, 0.717) is 16.1 Å². The molecule has 30 heavy (non-hydrogen) atoms. The van der Waals surface area contributed by atoms with Gasteiger partial charge < -0.3 is 4.90 Å². The highest BCUT2D eigenvalue weighted by Gasteiger charge is 2.24. The molecule has 0 aliphatic rings. The molecule has 0 saturated heterocycles. The van der Waals surface area contributed by atoms with E-state index in [2.05, 4.69) is 9.71 Å². The van der Waals surface area contributed by atoms with Gasteiger partial charge in [0.2, 0.25) is 0 Å². The largest absolute Gasteiger partial charge is 0.307 e. The Morgan fingerprint density at radius 1 is 1.13 bits per heavy atom. The van der Waals surface area contributed by atoms with Crippen LogP contribution in [0.5, 0.6) is 0 Å². The number of carbonyl (C=O) groups excluding carboxylic acids is 1. The lowest BCUT2D eigenvalue weighted by molar-refractivity contribution is 0.0988. The lowest BCUT2D eigenvalue weighted by Gasteiger charge is -2.20. The van der Waals surface area contributed by atoms with E-state index in [1.165, 1.54) is 55.7 Å². The summed E-state index contributed by atoms with van der Waals surface area (Å²) in [5.74, 6) is -1.25. The number of sulfonamides is 1. The Hall–Kier alpha value is -2.97. The van der Waals surface area contributed by atoms with Gasteiger partial charge in [-0.25, -0.2) is 17.8 Å². The average Bonchev–Trinajstić information content (AvgIpc) is 2.69. The minimum Gasteiger partial charge on any atom is -0.307 e. The molecule has 0 radical (unpaired) electrons. The van der Waals surface area contributed by atoms with Gasteiger partial charge >= 0.3 is 0 Å². The van der Waals surface area contributed by atoms with E-state index in [1.807, 2.05) is 0 Å². The lowest BCUT2D eigenvalue weighted by atomic mass is 10.2. The standard InChI is InChI=1S/C21H19ClFN3O3S/c1-13-10-18(25-30(28,29)15-8-9-16(22)14(2)11-15)20(24-12-13)21(27)26(3)19-7-5-4-6-17(19)23/h4-12,25H,1-3H3. The van der Waals surface area contributed by atoms with E-state index in [0.717, 1.165) is 4.90 Å². The van der Waals surface area contributed by atoms with Crippen molar-refractivity contribution >= 4 is 38.9 Å². The van der Waals surface area contributed by atoms with Crippen LogP contribution in [0.2, 0.25) is 5.02 Å². The van der Waals surface area contributed by atoms with E-state index < -0.39 is 21.7 Å². The van der Waals surface area contributed by atoms with Crippen LogP contribution >= 0.6 is 11.6 Å². The predicted molar refractivity (Wildman–Crippen MR) is 115 cm³/mol. The number of aromatic nitrogens is 1. The number of halogens is 2. The number of carbonyl (C=O) groups is 1. The van der Waals surface area contributed by atoms with E-state index in [4.69, 9.17) is 11.6 Å². The molecule has 0 bridgehead atoms. The molecule has 0 spiro atoms. The van der Waals surface area contributed by atoms with E-state index in [9.17, 15) is 17.6 Å². The third kappa shape index (κ3) is 4.44. The second kappa shape index (κ2) is 8.41. The first-order valence-corrected chi connectivity index (χ1v) is 10.7. The normalized spacial score (nSPS) is 11.2. The number of hydrogen-bond acceptors (Lipinski definition) is 4. The molecule has 156 valence electrons. The fourth-order valence-corrected chi connectivity index (χ4v) is 4.06. The van der Waals surface area contributed by atoms with Gasteiger partial charge in [-0.15, -0.1) is 0 Å². The third-order valence-corrected chi connectivity index (χ3v) is 6.22. The predicted octanol–water partition coefficient (Wildman–Crippen LogP) is 4.57. The monoisotopic (exact) mass is 447 g/mol. The number of amides is 1. The zero-order chi connectivity index (χ0) is 22.1. The van der Waals surface area contributed by atoms with Crippen LogP contribution in [0.25, 0.3) is 0 Å². The van der Waals surface area contributed by atoms with Gasteiger partial charge in [0.1, 0.15) is 5.82 Å². The smallest absolute Gasteiger partial charge is 0.278 e. The SMILES string of the molecule is Cc1cnc(C(=O)N(C)c2ccccc2F)c(NS(=O)(=O)c2ccc(Cl)c(C)c2)c1. The first kappa shape index (κ1) is 21.7. The molecule has 0 fully saturated rings. The Labute approximate surface area is 179 Å². The van der Waals surface area contributed by atoms with Crippen LogP contribution in [-0.2, 0) is 10.0 Å². The molecule has 0 saturated carbocycles. The van der Waals surface area contributed by atoms with E-state index in [1.54, 1.807) is 19.9 Å². The summed E-state index contributed by atoms with van der Waals surface area (Å²) in [5.41, 5.74) is 1.13. The topological polar surface area (TPSA) is 79.4 Å². The van der Waals surface area contributed by atoms with E-state index in [-0.39, 0.29) is 22.0 Å². The van der Waals surface area contributed by atoms with Gasteiger partial charge in [0.15, 0.2) is 5.69 Å². The number of nitrogens with zero attached hydrogens (tertiary/aromatic N) is 2. The zero-order valence-corrected chi connectivity index (χ0v) is 18.1. The highest BCUT2D eigenvalue weighted by molar-refractivity contribution is 7.92. The summed E-state index contributed by atoms with van der Waals surface area (Å²) < 4.78 is 42.3. The Morgan fingerprint density at radius 2 is 1.83 bits per heavy atom. The molecule has 3 rings (SSSR count). The Kier molecular flexibility index (Phi) is 6.09. The van der Waals surface area contributed by atoms with Crippen molar-refractivity contribution < 1.29 is 17.6 Å². The minimum absolute atomic E-state index is 0.00390. The number of anilines is 2. The van der Waals surface area contributed by atoms with Crippen molar-refractivity contribution in [2.75, 3.05) is 16.7 Å². The highest BCUT2D eigenvalue weighted by atomic mass is 35.5. The summed E-state index contributed by atoms with van der Waals surface area (Å²) in [6.45, 7) is 3.40. The summed E-state index contributed by atoms with van der Waals surface area (Å²) in [4.78, 5) is 18.2. The van der Waals surface area contributed by atoms with Gasteiger partial charge in [-0.2, -0.15) is 0 Å². The Balaban J connectivity index is 2.00. The van der Waals surface area contributed by atoms with E-state index >= 15 is 0 Å². The van der Waals surface area contributed by atoms with Crippen molar-refractivity contribution in [1.29, 1.82) is 0 Å². The van der Waals surface area contributed by atoms with Crippen molar-refractivity contribution in [1.82, 2.24) is 4.98 Å². The molecule has 0 aliphatic heterocycles. The van der Waals surface area contributed by atoms with Crippen LogP contribution < -0.4 is 9.62 Å². The van der Waals surface area contributed by atoms with Gasteiger partial charge in [0, 0.05) is 18.3 Å². The first-order chi connectivity index (χ1) is 14.1. The quantitative estimate of drug-likeness (QED) is 0.621. The molecule has 1 aromatic heterocycles. The van der Waals surface area contributed by atoms with Crippen LogP contribution in [0.4, 0.5) is 15.8 Å². The third-order valence-electron chi connectivity index (χ3n) is 4.43. The summed E-state index contributed by atoms with van der Waals surface area (Å²) in [7, 11) is -2.63. The maximum atomic E-state index is 14.1. The number of pyridine rings is 1.